The number of alkyl halides is 2. The van der Waals surface area contributed by atoms with Gasteiger partial charge in [-0.05, 0) is 48.1 Å². The lowest BCUT2D eigenvalue weighted by molar-refractivity contribution is -0.0515. The molecule has 1 aliphatic carbocycles. The first-order valence-electron chi connectivity index (χ1n) is 8.04. The molecule has 3 rings (SSSR count). The molecule has 0 radical (unpaired) electrons. The minimum Gasteiger partial charge on any atom is -0.489 e. The topological polar surface area (TPSA) is 40.6 Å². The first kappa shape index (κ1) is 17.2. The molecule has 0 bridgehead atoms. The van der Waals surface area contributed by atoms with Gasteiger partial charge < -0.3 is 14.2 Å². The van der Waals surface area contributed by atoms with Crippen LogP contribution in [0.1, 0.15) is 24.0 Å². The van der Waals surface area contributed by atoms with Crippen LogP contribution in [0.2, 0.25) is 0 Å². The van der Waals surface area contributed by atoms with E-state index in [4.69, 9.17) is 9.47 Å². The second-order valence-corrected chi connectivity index (χ2v) is 5.80. The molecular formula is C19H19F2NO3. The van der Waals surface area contributed by atoms with Gasteiger partial charge in [0, 0.05) is 12.3 Å². The maximum absolute atomic E-state index is 12.5. The summed E-state index contributed by atoms with van der Waals surface area (Å²) in [5.41, 5.74) is 1.74. The lowest BCUT2D eigenvalue weighted by Gasteiger charge is -2.12. The SMILES string of the molecule is COc1cc(C=Cc2ccc(OC(F)F)c(OCC3CC3)c2)ccn1. The Morgan fingerprint density at radius 1 is 1.12 bits per heavy atom. The highest BCUT2D eigenvalue weighted by Gasteiger charge is 2.23. The first-order chi connectivity index (χ1) is 12.1. The van der Waals surface area contributed by atoms with E-state index in [0.717, 1.165) is 24.0 Å². The number of benzene rings is 1. The third-order valence-corrected chi connectivity index (χ3v) is 3.79. The van der Waals surface area contributed by atoms with Crippen molar-refractivity contribution in [2.24, 2.45) is 5.92 Å². The molecule has 0 unspecified atom stereocenters. The predicted molar refractivity (Wildman–Crippen MR) is 91.0 cm³/mol. The van der Waals surface area contributed by atoms with Crippen molar-refractivity contribution in [1.82, 2.24) is 4.98 Å². The van der Waals surface area contributed by atoms with Gasteiger partial charge in [0.1, 0.15) is 0 Å². The van der Waals surface area contributed by atoms with Crippen LogP contribution in [0.3, 0.4) is 0 Å². The van der Waals surface area contributed by atoms with Crippen LogP contribution in [0.15, 0.2) is 36.5 Å². The number of hydrogen-bond acceptors (Lipinski definition) is 4. The van der Waals surface area contributed by atoms with Crippen molar-refractivity contribution in [2.75, 3.05) is 13.7 Å². The zero-order chi connectivity index (χ0) is 17.6. The van der Waals surface area contributed by atoms with Gasteiger partial charge in [-0.1, -0.05) is 18.2 Å². The van der Waals surface area contributed by atoms with Crippen LogP contribution in [-0.2, 0) is 0 Å². The van der Waals surface area contributed by atoms with E-state index in [0.29, 0.717) is 24.2 Å². The Kier molecular flexibility index (Phi) is 5.48. The third-order valence-electron chi connectivity index (χ3n) is 3.79. The van der Waals surface area contributed by atoms with E-state index in [1.165, 1.54) is 6.07 Å². The Balaban J connectivity index is 1.77. The van der Waals surface area contributed by atoms with E-state index in [1.807, 2.05) is 18.2 Å². The fraction of sp³-hybridized carbons (Fsp3) is 0.316. The highest BCUT2D eigenvalue weighted by molar-refractivity contribution is 5.71. The molecule has 1 saturated carbocycles. The maximum Gasteiger partial charge on any atom is 0.387 e. The molecule has 132 valence electrons. The third kappa shape index (κ3) is 5.17. The molecule has 1 aromatic carbocycles. The van der Waals surface area contributed by atoms with E-state index >= 15 is 0 Å². The molecule has 0 atom stereocenters. The number of rotatable bonds is 8. The first-order valence-corrected chi connectivity index (χ1v) is 8.04. The number of nitrogens with zero attached hydrogens (tertiary/aromatic N) is 1. The molecule has 0 amide bonds. The van der Waals surface area contributed by atoms with Gasteiger partial charge in [-0.3, -0.25) is 0 Å². The summed E-state index contributed by atoms with van der Waals surface area (Å²) in [4.78, 5) is 4.05. The molecule has 0 N–H and O–H groups in total. The summed E-state index contributed by atoms with van der Waals surface area (Å²) >= 11 is 0. The van der Waals surface area contributed by atoms with Crippen LogP contribution < -0.4 is 14.2 Å². The zero-order valence-electron chi connectivity index (χ0n) is 13.8. The largest absolute Gasteiger partial charge is 0.489 e. The fourth-order valence-electron chi connectivity index (χ4n) is 2.26. The number of ether oxygens (including phenoxy) is 3. The molecule has 0 spiro atoms. The van der Waals surface area contributed by atoms with Crippen molar-refractivity contribution in [3.63, 3.8) is 0 Å². The molecule has 4 nitrogen and oxygen atoms in total. The summed E-state index contributed by atoms with van der Waals surface area (Å²) in [6.45, 7) is -2.36. The maximum atomic E-state index is 12.5. The van der Waals surface area contributed by atoms with E-state index < -0.39 is 6.61 Å². The summed E-state index contributed by atoms with van der Waals surface area (Å²) in [7, 11) is 1.56. The van der Waals surface area contributed by atoms with Crippen molar-refractivity contribution < 1.29 is 23.0 Å². The van der Waals surface area contributed by atoms with E-state index in [2.05, 4.69) is 9.72 Å². The minimum atomic E-state index is -2.88. The standard InChI is InChI=1S/C19H19F2NO3/c1-23-18-11-14(8-9-22-18)3-2-13-6-7-16(25-19(20)21)17(10-13)24-12-15-4-5-15/h2-3,6-11,15,19H,4-5,12H2,1H3. The van der Waals surface area contributed by atoms with E-state index in [-0.39, 0.29) is 5.75 Å². The van der Waals surface area contributed by atoms with Crippen molar-refractivity contribution in [1.29, 1.82) is 0 Å². The van der Waals surface area contributed by atoms with Crippen molar-refractivity contribution >= 4 is 12.2 Å². The number of hydrogen-bond donors (Lipinski definition) is 0. The predicted octanol–water partition coefficient (Wildman–Crippen LogP) is 4.65. The molecule has 1 aromatic heterocycles. The normalized spacial score (nSPS) is 14.1. The van der Waals surface area contributed by atoms with Crippen LogP contribution in [0, 0.1) is 5.92 Å². The molecule has 25 heavy (non-hydrogen) atoms. The zero-order valence-corrected chi connectivity index (χ0v) is 13.8. The lowest BCUT2D eigenvalue weighted by Crippen LogP contribution is -2.06. The molecule has 1 aliphatic rings. The fourth-order valence-corrected chi connectivity index (χ4v) is 2.26. The van der Waals surface area contributed by atoms with E-state index in [1.54, 1.807) is 31.5 Å². The molecule has 1 heterocycles. The van der Waals surface area contributed by atoms with Gasteiger partial charge in [-0.15, -0.1) is 0 Å². The highest BCUT2D eigenvalue weighted by Crippen LogP contribution is 2.34. The summed E-state index contributed by atoms with van der Waals surface area (Å²) in [5.74, 6) is 1.43. The number of pyridine rings is 1. The Morgan fingerprint density at radius 3 is 2.56 bits per heavy atom. The molecule has 1 fully saturated rings. The summed E-state index contributed by atoms with van der Waals surface area (Å²) in [6.07, 6.45) is 7.65. The van der Waals surface area contributed by atoms with Gasteiger partial charge in [0.25, 0.3) is 0 Å². The second kappa shape index (κ2) is 7.96. The lowest BCUT2D eigenvalue weighted by atomic mass is 10.1. The van der Waals surface area contributed by atoms with Gasteiger partial charge >= 0.3 is 6.61 Å². The number of aromatic nitrogens is 1. The van der Waals surface area contributed by atoms with Crippen LogP contribution >= 0.6 is 0 Å². The monoisotopic (exact) mass is 347 g/mol. The Bertz CT molecular complexity index is 745. The van der Waals surface area contributed by atoms with Crippen LogP contribution in [0.5, 0.6) is 17.4 Å². The average Bonchev–Trinajstić information content (AvgIpc) is 3.44. The Labute approximate surface area is 145 Å². The van der Waals surface area contributed by atoms with Gasteiger partial charge in [-0.25, -0.2) is 4.98 Å². The number of methoxy groups -OCH3 is 1. The number of halogens is 2. The van der Waals surface area contributed by atoms with E-state index in [9.17, 15) is 8.78 Å². The molecular weight excluding hydrogens is 328 g/mol. The quantitative estimate of drug-likeness (QED) is 0.697. The van der Waals surface area contributed by atoms with Crippen molar-refractivity contribution in [3.05, 3.63) is 47.7 Å². The van der Waals surface area contributed by atoms with Gasteiger partial charge in [0.15, 0.2) is 11.5 Å². The minimum absolute atomic E-state index is 0.0541. The van der Waals surface area contributed by atoms with Crippen LogP contribution in [0.25, 0.3) is 12.2 Å². The second-order valence-electron chi connectivity index (χ2n) is 5.80. The van der Waals surface area contributed by atoms with Crippen LogP contribution in [-0.4, -0.2) is 25.3 Å². The van der Waals surface area contributed by atoms with Crippen molar-refractivity contribution in [2.45, 2.75) is 19.5 Å². The molecule has 0 saturated heterocycles. The van der Waals surface area contributed by atoms with Gasteiger partial charge in [0.2, 0.25) is 5.88 Å². The molecule has 2 aromatic rings. The summed E-state index contributed by atoms with van der Waals surface area (Å²) in [6, 6.07) is 8.56. The van der Waals surface area contributed by atoms with Gasteiger partial charge in [-0.2, -0.15) is 8.78 Å². The van der Waals surface area contributed by atoms with Gasteiger partial charge in [0.05, 0.1) is 13.7 Å². The smallest absolute Gasteiger partial charge is 0.387 e. The Morgan fingerprint density at radius 2 is 1.88 bits per heavy atom. The summed E-state index contributed by atoms with van der Waals surface area (Å²) in [5, 5.41) is 0. The molecule has 6 heteroatoms. The Hall–Kier alpha value is -2.63. The molecule has 0 aliphatic heterocycles. The summed E-state index contributed by atoms with van der Waals surface area (Å²) < 4.78 is 40.4. The highest BCUT2D eigenvalue weighted by atomic mass is 19.3. The van der Waals surface area contributed by atoms with Crippen LogP contribution in [0.4, 0.5) is 8.78 Å². The average molecular weight is 347 g/mol. The van der Waals surface area contributed by atoms with Crippen molar-refractivity contribution in [3.8, 4) is 17.4 Å².